The van der Waals surface area contributed by atoms with Crippen LogP contribution in [0.5, 0.6) is 0 Å². The summed E-state index contributed by atoms with van der Waals surface area (Å²) in [4.78, 5) is 6.71. The number of rotatable bonds is 5. The molecule has 1 unspecified atom stereocenters. The van der Waals surface area contributed by atoms with Crippen LogP contribution in [0, 0.1) is 0 Å². The van der Waals surface area contributed by atoms with Crippen LogP contribution in [0.1, 0.15) is 6.92 Å². The van der Waals surface area contributed by atoms with Crippen molar-refractivity contribution in [3.63, 3.8) is 0 Å². The number of hydrogen-bond acceptors (Lipinski definition) is 4. The van der Waals surface area contributed by atoms with Crippen molar-refractivity contribution in [1.29, 1.82) is 0 Å². The second kappa shape index (κ2) is 5.85. The number of nitrogens with one attached hydrogen (secondary N) is 1. The number of thioether (sulfide) groups is 1. The Morgan fingerprint density at radius 1 is 1.53 bits per heavy atom. The van der Waals surface area contributed by atoms with E-state index in [-0.39, 0.29) is 0 Å². The lowest BCUT2D eigenvalue weighted by molar-refractivity contribution is 0.754. The molecule has 0 saturated carbocycles. The summed E-state index contributed by atoms with van der Waals surface area (Å²) in [6.07, 6.45) is 2.13. The zero-order valence-corrected chi connectivity index (χ0v) is 10.6. The molecule has 1 atom stereocenters. The normalized spacial score (nSPS) is 12.3. The molecular formula is C11H19N3S. The van der Waals surface area contributed by atoms with Crippen molar-refractivity contribution in [3.8, 4) is 0 Å². The lowest BCUT2D eigenvalue weighted by Gasteiger charge is -2.25. The molecule has 0 radical (unpaired) electrons. The third-order valence-electron chi connectivity index (χ3n) is 2.42. The third kappa shape index (κ3) is 3.30. The van der Waals surface area contributed by atoms with Gasteiger partial charge in [0.15, 0.2) is 0 Å². The summed E-state index contributed by atoms with van der Waals surface area (Å²) in [6.45, 7) is 2.21. The molecule has 0 aliphatic heterocycles. The first-order chi connectivity index (χ1) is 7.19. The van der Waals surface area contributed by atoms with Crippen LogP contribution in [-0.4, -0.2) is 37.1 Å². The summed E-state index contributed by atoms with van der Waals surface area (Å²) in [6, 6.07) is 6.53. The molecule has 1 aromatic heterocycles. The van der Waals surface area contributed by atoms with Gasteiger partial charge in [-0.1, -0.05) is 6.07 Å². The quantitative estimate of drug-likeness (QED) is 0.832. The van der Waals surface area contributed by atoms with Gasteiger partial charge in [-0.2, -0.15) is 11.8 Å². The summed E-state index contributed by atoms with van der Waals surface area (Å²) < 4.78 is 0. The van der Waals surface area contributed by atoms with Crippen LogP contribution in [0.15, 0.2) is 18.2 Å². The topological polar surface area (TPSA) is 28.2 Å². The minimum atomic E-state index is 0.500. The highest BCUT2D eigenvalue weighted by Crippen LogP contribution is 2.16. The molecule has 0 saturated heterocycles. The molecule has 0 aliphatic rings. The molecule has 0 aliphatic carbocycles. The fourth-order valence-corrected chi connectivity index (χ4v) is 2.04. The number of hydrogen-bond donors (Lipinski definition) is 1. The van der Waals surface area contributed by atoms with E-state index < -0.39 is 0 Å². The molecule has 1 rings (SSSR count). The second-order valence-corrected chi connectivity index (χ2v) is 4.46. The van der Waals surface area contributed by atoms with Gasteiger partial charge in [0, 0.05) is 25.9 Å². The number of anilines is 2. The van der Waals surface area contributed by atoms with E-state index in [2.05, 4.69) is 35.4 Å². The van der Waals surface area contributed by atoms with Crippen LogP contribution in [0.25, 0.3) is 0 Å². The fourth-order valence-electron chi connectivity index (χ4n) is 1.34. The Kier molecular flexibility index (Phi) is 4.75. The predicted octanol–water partition coefficient (Wildman–Crippen LogP) is 2.31. The molecule has 3 nitrogen and oxygen atoms in total. The minimum Gasteiger partial charge on any atom is -0.373 e. The van der Waals surface area contributed by atoms with E-state index in [0.29, 0.717) is 6.04 Å². The molecule has 1 aromatic rings. The van der Waals surface area contributed by atoms with Crippen molar-refractivity contribution < 1.29 is 0 Å². The summed E-state index contributed by atoms with van der Waals surface area (Å²) in [5.74, 6) is 3.04. The first-order valence-electron chi connectivity index (χ1n) is 5.05. The second-order valence-electron chi connectivity index (χ2n) is 3.55. The Morgan fingerprint density at radius 2 is 2.27 bits per heavy atom. The highest BCUT2D eigenvalue weighted by molar-refractivity contribution is 7.98. The monoisotopic (exact) mass is 225 g/mol. The Bertz CT molecular complexity index is 304. The molecule has 1 N–H and O–H groups in total. The summed E-state index contributed by atoms with van der Waals surface area (Å²) in [5.41, 5.74) is 0. The number of pyridine rings is 1. The average Bonchev–Trinajstić information content (AvgIpc) is 2.28. The van der Waals surface area contributed by atoms with Gasteiger partial charge in [-0.15, -0.1) is 0 Å². The first-order valence-corrected chi connectivity index (χ1v) is 6.45. The molecule has 0 bridgehead atoms. The molecule has 1 heterocycles. The Labute approximate surface area is 96.3 Å². The van der Waals surface area contributed by atoms with Crippen LogP contribution >= 0.6 is 11.8 Å². The van der Waals surface area contributed by atoms with Gasteiger partial charge in [0.2, 0.25) is 0 Å². The van der Waals surface area contributed by atoms with Gasteiger partial charge in [0.1, 0.15) is 11.6 Å². The SMILES string of the molecule is CNc1cccc(N(C)C(C)CSC)n1. The van der Waals surface area contributed by atoms with Crippen LogP contribution in [0.4, 0.5) is 11.6 Å². The molecule has 84 valence electrons. The van der Waals surface area contributed by atoms with Crippen molar-refractivity contribution in [2.45, 2.75) is 13.0 Å². The lowest BCUT2D eigenvalue weighted by Crippen LogP contribution is -2.31. The van der Waals surface area contributed by atoms with Crippen LogP contribution in [0.2, 0.25) is 0 Å². The largest absolute Gasteiger partial charge is 0.373 e. The predicted molar refractivity (Wildman–Crippen MR) is 70.0 cm³/mol. The van der Waals surface area contributed by atoms with E-state index >= 15 is 0 Å². The zero-order valence-electron chi connectivity index (χ0n) is 9.82. The van der Waals surface area contributed by atoms with Crippen molar-refractivity contribution in [3.05, 3.63) is 18.2 Å². The maximum atomic E-state index is 4.50. The zero-order chi connectivity index (χ0) is 11.3. The minimum absolute atomic E-state index is 0.500. The van der Waals surface area contributed by atoms with Gasteiger partial charge in [0.25, 0.3) is 0 Å². The maximum absolute atomic E-state index is 4.50. The molecule has 0 amide bonds. The third-order valence-corrected chi connectivity index (χ3v) is 3.24. The van der Waals surface area contributed by atoms with E-state index in [1.807, 2.05) is 37.0 Å². The molecular weight excluding hydrogens is 206 g/mol. The van der Waals surface area contributed by atoms with Crippen molar-refractivity contribution >= 4 is 23.4 Å². The van der Waals surface area contributed by atoms with Crippen LogP contribution in [0.3, 0.4) is 0 Å². The summed E-state index contributed by atoms with van der Waals surface area (Å²) in [5, 5.41) is 3.05. The van der Waals surface area contributed by atoms with E-state index in [1.165, 1.54) is 0 Å². The van der Waals surface area contributed by atoms with Gasteiger partial charge < -0.3 is 10.2 Å². The highest BCUT2D eigenvalue weighted by Gasteiger charge is 2.10. The molecule has 4 heteroatoms. The Hall–Kier alpha value is -0.900. The van der Waals surface area contributed by atoms with Gasteiger partial charge in [0.05, 0.1) is 0 Å². The number of aromatic nitrogens is 1. The summed E-state index contributed by atoms with van der Waals surface area (Å²) in [7, 11) is 3.97. The van der Waals surface area contributed by atoms with Crippen molar-refractivity contribution in [1.82, 2.24) is 4.98 Å². The van der Waals surface area contributed by atoms with Crippen LogP contribution < -0.4 is 10.2 Å². The van der Waals surface area contributed by atoms with E-state index in [9.17, 15) is 0 Å². The standard InChI is InChI=1S/C11H19N3S/c1-9(8-15-4)14(3)11-7-5-6-10(12-2)13-11/h5-7,9H,8H2,1-4H3,(H,12,13). The average molecular weight is 225 g/mol. The Balaban J connectivity index is 2.76. The Morgan fingerprint density at radius 3 is 2.87 bits per heavy atom. The van der Waals surface area contributed by atoms with Gasteiger partial charge in [-0.25, -0.2) is 4.98 Å². The fraction of sp³-hybridized carbons (Fsp3) is 0.545. The molecule has 0 fully saturated rings. The maximum Gasteiger partial charge on any atom is 0.130 e. The van der Waals surface area contributed by atoms with Gasteiger partial charge in [-0.3, -0.25) is 0 Å². The van der Waals surface area contributed by atoms with E-state index in [0.717, 1.165) is 17.4 Å². The smallest absolute Gasteiger partial charge is 0.130 e. The van der Waals surface area contributed by atoms with E-state index in [4.69, 9.17) is 0 Å². The van der Waals surface area contributed by atoms with Crippen LogP contribution in [-0.2, 0) is 0 Å². The van der Waals surface area contributed by atoms with Crippen molar-refractivity contribution in [2.24, 2.45) is 0 Å². The van der Waals surface area contributed by atoms with Gasteiger partial charge in [-0.05, 0) is 25.3 Å². The van der Waals surface area contributed by atoms with Crippen molar-refractivity contribution in [2.75, 3.05) is 36.3 Å². The lowest BCUT2D eigenvalue weighted by atomic mass is 10.3. The first kappa shape index (κ1) is 12.2. The highest BCUT2D eigenvalue weighted by atomic mass is 32.2. The molecule has 15 heavy (non-hydrogen) atoms. The molecule has 0 aromatic carbocycles. The summed E-state index contributed by atoms with van der Waals surface area (Å²) >= 11 is 1.86. The number of nitrogens with zero attached hydrogens (tertiary/aromatic N) is 2. The molecule has 0 spiro atoms. The van der Waals surface area contributed by atoms with E-state index in [1.54, 1.807) is 0 Å². The van der Waals surface area contributed by atoms with Gasteiger partial charge >= 0.3 is 0 Å².